The van der Waals surface area contributed by atoms with Crippen LogP contribution in [-0.4, -0.2) is 59.4 Å². The Balaban J connectivity index is 2.88. The van der Waals surface area contributed by atoms with Crippen molar-refractivity contribution in [1.29, 1.82) is 0 Å². The first-order chi connectivity index (χ1) is 20.7. The van der Waals surface area contributed by atoms with Crippen molar-refractivity contribution >= 4 is 23.8 Å². The van der Waals surface area contributed by atoms with E-state index in [-0.39, 0.29) is 56.3 Å². The van der Waals surface area contributed by atoms with Gasteiger partial charge in [-0.15, -0.1) is 0 Å². The number of hydrogen-bond acceptors (Lipinski definition) is 9. The normalized spacial score (nSPS) is 12.3. The largest absolute Gasteiger partial charge is 0.504 e. The van der Waals surface area contributed by atoms with Crippen LogP contribution in [0.15, 0.2) is 18.2 Å². The zero-order valence-corrected chi connectivity index (χ0v) is 26.4. The smallest absolute Gasteiger partial charge is 0.329 e. The summed E-state index contributed by atoms with van der Waals surface area (Å²) in [5.74, 6) is -2.60. The van der Waals surface area contributed by atoms with E-state index in [0.29, 0.717) is 24.8 Å². The molecule has 1 aromatic carbocycles. The Labute approximate surface area is 256 Å². The van der Waals surface area contributed by atoms with E-state index in [1.165, 1.54) is 18.2 Å². The van der Waals surface area contributed by atoms with Crippen LogP contribution in [0.5, 0.6) is 11.5 Å². The van der Waals surface area contributed by atoms with Gasteiger partial charge in [0.15, 0.2) is 17.6 Å². The summed E-state index contributed by atoms with van der Waals surface area (Å²) >= 11 is 0. The molecule has 1 rings (SSSR count). The maximum absolute atomic E-state index is 13.2. The molecule has 0 fully saturated rings. The van der Waals surface area contributed by atoms with Crippen LogP contribution >= 0.6 is 0 Å². The Hall–Kier alpha value is -3.30. The molecule has 0 aromatic heterocycles. The van der Waals surface area contributed by atoms with Gasteiger partial charge in [0.25, 0.3) is 0 Å². The van der Waals surface area contributed by atoms with Crippen molar-refractivity contribution in [1.82, 2.24) is 5.32 Å². The summed E-state index contributed by atoms with van der Waals surface area (Å²) in [6.45, 7) is 5.63. The lowest BCUT2D eigenvalue weighted by Gasteiger charge is -2.21. The third-order valence-corrected chi connectivity index (χ3v) is 6.97. The molecule has 244 valence electrons. The van der Waals surface area contributed by atoms with Crippen molar-refractivity contribution in [2.75, 3.05) is 13.2 Å². The number of ether oxygens (including phenoxy) is 3. The molecule has 10 nitrogen and oxygen atoms in total. The molecule has 43 heavy (non-hydrogen) atoms. The number of aromatic hydroxyl groups is 2. The number of carbonyl (C=O) groups excluding carboxylic acids is 4. The van der Waals surface area contributed by atoms with Crippen LogP contribution in [-0.2, 0) is 39.8 Å². The minimum Gasteiger partial charge on any atom is -0.504 e. The van der Waals surface area contributed by atoms with Gasteiger partial charge in [-0.2, -0.15) is 0 Å². The predicted molar refractivity (Wildman–Crippen MR) is 163 cm³/mol. The second-order valence-corrected chi connectivity index (χ2v) is 11.0. The van der Waals surface area contributed by atoms with Crippen LogP contribution < -0.4 is 5.32 Å². The topological polar surface area (TPSA) is 148 Å². The molecule has 0 heterocycles. The van der Waals surface area contributed by atoms with E-state index >= 15 is 0 Å². The molecule has 1 aromatic rings. The summed E-state index contributed by atoms with van der Waals surface area (Å²) in [6.07, 6.45) is 10.6. The number of hydrogen-bond donors (Lipinski definition) is 3. The zero-order valence-electron chi connectivity index (χ0n) is 26.4. The zero-order chi connectivity index (χ0) is 31.9. The molecule has 0 aliphatic heterocycles. The van der Waals surface area contributed by atoms with Gasteiger partial charge in [0.2, 0.25) is 5.91 Å². The number of phenolic OH excluding ortho intramolecular Hbond substituents is 2. The molecule has 0 bridgehead atoms. The molecule has 2 unspecified atom stereocenters. The Kier molecular flexibility index (Phi) is 20.3. The number of rotatable bonds is 24. The van der Waals surface area contributed by atoms with Crippen LogP contribution in [0.4, 0.5) is 0 Å². The van der Waals surface area contributed by atoms with Crippen molar-refractivity contribution in [3.63, 3.8) is 0 Å². The van der Waals surface area contributed by atoms with Gasteiger partial charge in [-0.1, -0.05) is 84.6 Å². The molecule has 0 saturated carbocycles. The number of phenols is 2. The second-order valence-electron chi connectivity index (χ2n) is 11.0. The van der Waals surface area contributed by atoms with E-state index in [1.807, 2.05) is 0 Å². The molecule has 0 spiro atoms. The third kappa shape index (κ3) is 18.1. The van der Waals surface area contributed by atoms with Gasteiger partial charge in [-0.3, -0.25) is 14.4 Å². The highest BCUT2D eigenvalue weighted by molar-refractivity contribution is 5.84. The van der Waals surface area contributed by atoms with E-state index in [1.54, 1.807) is 0 Å². The lowest BCUT2D eigenvalue weighted by atomic mass is 10.0. The van der Waals surface area contributed by atoms with Crippen molar-refractivity contribution in [2.45, 2.75) is 136 Å². The fourth-order valence-corrected chi connectivity index (χ4v) is 4.39. The summed E-state index contributed by atoms with van der Waals surface area (Å²) < 4.78 is 16.3. The van der Waals surface area contributed by atoms with E-state index < -0.39 is 30.1 Å². The van der Waals surface area contributed by atoms with Gasteiger partial charge in [-0.05, 0) is 37.0 Å². The Morgan fingerprint density at radius 1 is 0.698 bits per heavy atom. The quantitative estimate of drug-likeness (QED) is 0.0554. The van der Waals surface area contributed by atoms with Gasteiger partial charge in [0.1, 0.15) is 19.3 Å². The first-order valence-electron chi connectivity index (χ1n) is 16.0. The molecule has 3 N–H and O–H groups in total. The van der Waals surface area contributed by atoms with Crippen molar-refractivity contribution < 1.29 is 43.6 Å². The highest BCUT2D eigenvalue weighted by Gasteiger charge is 2.26. The molecule has 2 atom stereocenters. The molecule has 1 amide bonds. The SMILES string of the molecule is CCCCCCC(=O)NC(Cc1ccc(O)c(O)c1)C(=O)OCC(COC(=O)CCCCCC)OC(=O)CCCCCC. The van der Waals surface area contributed by atoms with Crippen LogP contribution in [0.2, 0.25) is 0 Å². The minimum absolute atomic E-state index is 0.00199. The molecule has 0 radical (unpaired) electrons. The van der Waals surface area contributed by atoms with Gasteiger partial charge in [0.05, 0.1) is 0 Å². The van der Waals surface area contributed by atoms with Crippen molar-refractivity contribution in [3.8, 4) is 11.5 Å². The monoisotopic (exact) mass is 607 g/mol. The lowest BCUT2D eigenvalue weighted by molar-refractivity contribution is -0.167. The summed E-state index contributed by atoms with van der Waals surface area (Å²) in [5.41, 5.74) is 0.496. The number of esters is 3. The van der Waals surface area contributed by atoms with Crippen molar-refractivity contribution in [3.05, 3.63) is 23.8 Å². The van der Waals surface area contributed by atoms with Crippen LogP contribution in [0.1, 0.15) is 123 Å². The maximum Gasteiger partial charge on any atom is 0.329 e. The second kappa shape index (κ2) is 23.2. The Morgan fingerprint density at radius 3 is 1.84 bits per heavy atom. The fourth-order valence-electron chi connectivity index (χ4n) is 4.39. The van der Waals surface area contributed by atoms with Gasteiger partial charge >= 0.3 is 17.9 Å². The first-order valence-corrected chi connectivity index (χ1v) is 16.0. The van der Waals surface area contributed by atoms with Gasteiger partial charge in [-0.25, -0.2) is 4.79 Å². The molecule has 0 saturated heterocycles. The number of carbonyl (C=O) groups is 4. The average molecular weight is 608 g/mol. The van der Waals surface area contributed by atoms with E-state index in [9.17, 15) is 29.4 Å². The fraction of sp³-hybridized carbons (Fsp3) is 0.697. The lowest BCUT2D eigenvalue weighted by Crippen LogP contribution is -2.44. The van der Waals surface area contributed by atoms with Crippen LogP contribution in [0, 0.1) is 0 Å². The minimum atomic E-state index is -1.09. The number of benzene rings is 1. The Bertz CT molecular complexity index is 966. The van der Waals surface area contributed by atoms with Gasteiger partial charge in [0, 0.05) is 25.7 Å². The Morgan fingerprint density at radius 2 is 1.26 bits per heavy atom. The molecule has 0 aliphatic carbocycles. The van der Waals surface area contributed by atoms with Crippen LogP contribution in [0.3, 0.4) is 0 Å². The summed E-state index contributed by atoms with van der Waals surface area (Å²) in [6, 6.07) is 3.05. The van der Waals surface area contributed by atoms with Crippen molar-refractivity contribution in [2.24, 2.45) is 0 Å². The van der Waals surface area contributed by atoms with E-state index in [2.05, 4.69) is 26.1 Å². The highest BCUT2D eigenvalue weighted by Crippen LogP contribution is 2.25. The molecule has 10 heteroatoms. The number of nitrogens with one attached hydrogen (secondary N) is 1. The predicted octanol–water partition coefficient (Wildman–Crippen LogP) is 6.03. The van der Waals surface area contributed by atoms with E-state index in [0.717, 1.165) is 57.8 Å². The van der Waals surface area contributed by atoms with Gasteiger partial charge < -0.3 is 29.7 Å². The standard InChI is InChI=1S/C33H53NO9/c1-4-7-10-13-16-30(37)34-27(21-25-19-20-28(35)29(36)22-25)33(40)42-24-26(43-32(39)18-15-12-9-6-3)23-41-31(38)17-14-11-8-5-2/h19-20,22,26-27,35-36H,4-18,21,23-24H2,1-3H3,(H,34,37). The van der Waals surface area contributed by atoms with Crippen LogP contribution in [0.25, 0.3) is 0 Å². The van der Waals surface area contributed by atoms with E-state index in [4.69, 9.17) is 14.2 Å². The molecular weight excluding hydrogens is 554 g/mol. The summed E-state index contributed by atoms with van der Waals surface area (Å²) in [5, 5.41) is 22.3. The first kappa shape index (κ1) is 37.7. The molecular formula is C33H53NO9. The third-order valence-electron chi connectivity index (χ3n) is 6.97. The number of amides is 1. The summed E-state index contributed by atoms with van der Waals surface area (Å²) in [4.78, 5) is 50.5. The number of unbranched alkanes of at least 4 members (excludes halogenated alkanes) is 9. The average Bonchev–Trinajstić information content (AvgIpc) is 2.98. The molecule has 0 aliphatic rings. The highest BCUT2D eigenvalue weighted by atomic mass is 16.6. The maximum atomic E-state index is 13.2. The summed E-state index contributed by atoms with van der Waals surface area (Å²) in [7, 11) is 0.